The van der Waals surface area contributed by atoms with Crippen LogP contribution in [0.2, 0.25) is 0 Å². The molecule has 0 radical (unpaired) electrons. The number of imide groups is 1. The quantitative estimate of drug-likeness (QED) is 0.382. The summed E-state index contributed by atoms with van der Waals surface area (Å²) < 4.78 is 1.66. The van der Waals surface area contributed by atoms with Crippen LogP contribution in [0.15, 0.2) is 111 Å². The predicted octanol–water partition coefficient (Wildman–Crippen LogP) is 4.43. The van der Waals surface area contributed by atoms with Gasteiger partial charge in [0.2, 0.25) is 0 Å². The molecule has 8 heteroatoms. The van der Waals surface area contributed by atoms with Crippen LogP contribution in [0.3, 0.4) is 0 Å². The van der Waals surface area contributed by atoms with Gasteiger partial charge in [0.25, 0.3) is 11.6 Å². The molecule has 0 bridgehead atoms. The number of hydrogen-bond donors (Lipinski definition) is 1. The highest BCUT2D eigenvalue weighted by Crippen LogP contribution is 2.24. The van der Waals surface area contributed by atoms with Crippen molar-refractivity contribution in [2.24, 2.45) is 20.5 Å². The van der Waals surface area contributed by atoms with E-state index in [-0.39, 0.29) is 0 Å². The number of azo groups is 2. The standard InChI is InChI=1S/C23H18N6O2/c1-16-20(22(30)24-23(31)21(16)29-14-6-3-7-15-29)28-27-19-12-10-18(11-13-19)26-25-17-8-4-2-5-9-17/h2-15,20H,1H3/p+1. The molecule has 2 heterocycles. The van der Waals surface area contributed by atoms with Crippen LogP contribution < -0.4 is 9.88 Å². The van der Waals surface area contributed by atoms with Gasteiger partial charge in [-0.05, 0) is 43.3 Å². The van der Waals surface area contributed by atoms with Crippen molar-refractivity contribution in [2.75, 3.05) is 0 Å². The molecule has 8 nitrogen and oxygen atoms in total. The molecule has 3 aromatic rings. The van der Waals surface area contributed by atoms with Crippen LogP contribution in [-0.2, 0) is 9.59 Å². The van der Waals surface area contributed by atoms with Gasteiger partial charge in [0.1, 0.15) is 0 Å². The van der Waals surface area contributed by atoms with Crippen molar-refractivity contribution in [1.82, 2.24) is 5.32 Å². The van der Waals surface area contributed by atoms with Crippen LogP contribution in [0, 0.1) is 0 Å². The summed E-state index contributed by atoms with van der Waals surface area (Å²) in [5.74, 6) is -0.960. The maximum absolute atomic E-state index is 12.3. The van der Waals surface area contributed by atoms with Crippen LogP contribution in [-0.4, -0.2) is 17.9 Å². The zero-order valence-corrected chi connectivity index (χ0v) is 16.7. The lowest BCUT2D eigenvalue weighted by atomic mass is 10.0. The molecule has 0 aliphatic carbocycles. The Hall–Kier alpha value is -4.33. The molecular weight excluding hydrogens is 392 g/mol. The van der Waals surface area contributed by atoms with Gasteiger partial charge in [-0.3, -0.25) is 14.9 Å². The average molecular weight is 411 g/mol. The average Bonchev–Trinajstić information content (AvgIpc) is 2.79. The van der Waals surface area contributed by atoms with Gasteiger partial charge in [-0.2, -0.15) is 25.0 Å². The summed E-state index contributed by atoms with van der Waals surface area (Å²) in [6, 6.07) is 21.0. The third kappa shape index (κ3) is 4.64. The van der Waals surface area contributed by atoms with Crippen LogP contribution in [0.25, 0.3) is 5.70 Å². The lowest BCUT2D eigenvalue weighted by Gasteiger charge is -2.18. The van der Waals surface area contributed by atoms with Gasteiger partial charge in [-0.25, -0.2) is 0 Å². The summed E-state index contributed by atoms with van der Waals surface area (Å²) in [4.78, 5) is 24.7. The third-order valence-corrected chi connectivity index (χ3v) is 4.63. The number of nitrogens with zero attached hydrogens (tertiary/aromatic N) is 5. The third-order valence-electron chi connectivity index (χ3n) is 4.63. The lowest BCUT2D eigenvalue weighted by Crippen LogP contribution is -2.51. The largest absolute Gasteiger partial charge is 0.323 e. The van der Waals surface area contributed by atoms with Crippen molar-refractivity contribution in [1.29, 1.82) is 0 Å². The first kappa shape index (κ1) is 20.0. The Balaban J connectivity index is 1.53. The Kier molecular flexibility index (Phi) is 5.79. The van der Waals surface area contributed by atoms with Gasteiger partial charge < -0.3 is 0 Å². The zero-order chi connectivity index (χ0) is 21.6. The molecule has 31 heavy (non-hydrogen) atoms. The number of rotatable bonds is 5. The van der Waals surface area contributed by atoms with E-state index >= 15 is 0 Å². The summed E-state index contributed by atoms with van der Waals surface area (Å²) in [5.41, 5.74) is 2.88. The molecule has 1 aliphatic rings. The Morgan fingerprint density at radius 1 is 0.742 bits per heavy atom. The van der Waals surface area contributed by atoms with E-state index in [9.17, 15) is 9.59 Å². The first-order chi connectivity index (χ1) is 15.1. The number of carbonyl (C=O) groups excluding carboxylic acids is 2. The molecule has 2 aromatic carbocycles. The van der Waals surface area contributed by atoms with Crippen molar-refractivity contribution < 1.29 is 14.2 Å². The van der Waals surface area contributed by atoms with Gasteiger partial charge >= 0.3 is 5.91 Å². The summed E-state index contributed by atoms with van der Waals surface area (Å²) in [5, 5.41) is 19.1. The molecule has 1 N–H and O–H groups in total. The minimum absolute atomic E-state index is 0.362. The minimum atomic E-state index is -0.891. The molecule has 0 spiro atoms. The molecule has 1 aromatic heterocycles. The second-order valence-electron chi connectivity index (χ2n) is 6.80. The van der Waals surface area contributed by atoms with Gasteiger partial charge in [-0.1, -0.05) is 24.3 Å². The molecule has 4 rings (SSSR count). The van der Waals surface area contributed by atoms with Gasteiger partial charge in [0.15, 0.2) is 18.4 Å². The van der Waals surface area contributed by atoms with Crippen LogP contribution in [0.4, 0.5) is 17.1 Å². The van der Waals surface area contributed by atoms with Crippen molar-refractivity contribution in [2.45, 2.75) is 13.0 Å². The summed E-state index contributed by atoms with van der Waals surface area (Å²) >= 11 is 0. The lowest BCUT2D eigenvalue weighted by molar-refractivity contribution is -0.578. The van der Waals surface area contributed by atoms with Crippen molar-refractivity contribution >= 4 is 34.6 Å². The van der Waals surface area contributed by atoms with E-state index in [2.05, 4.69) is 25.8 Å². The van der Waals surface area contributed by atoms with E-state index in [1.807, 2.05) is 36.4 Å². The second-order valence-corrected chi connectivity index (χ2v) is 6.80. The fraction of sp³-hybridized carbons (Fsp3) is 0.0870. The SMILES string of the molecule is CC1=C([n+]2ccccc2)C(=O)NC(=O)C1N=Nc1ccc(N=Nc2ccccc2)cc1. The normalized spacial score (nSPS) is 16.9. The van der Waals surface area contributed by atoms with Crippen molar-refractivity contribution in [3.8, 4) is 0 Å². The molecule has 2 amide bonds. The molecule has 1 atom stereocenters. The highest BCUT2D eigenvalue weighted by molar-refractivity contribution is 6.21. The zero-order valence-electron chi connectivity index (χ0n) is 16.7. The van der Waals surface area contributed by atoms with Crippen LogP contribution in [0.1, 0.15) is 6.92 Å². The van der Waals surface area contributed by atoms with E-state index in [1.165, 1.54) is 0 Å². The molecule has 0 saturated carbocycles. The molecule has 0 saturated heterocycles. The first-order valence-corrected chi connectivity index (χ1v) is 9.62. The van der Waals surface area contributed by atoms with E-state index < -0.39 is 17.9 Å². The number of hydrogen-bond acceptors (Lipinski definition) is 6. The summed E-state index contributed by atoms with van der Waals surface area (Å²) in [6.07, 6.45) is 3.48. The number of aromatic nitrogens is 1. The van der Waals surface area contributed by atoms with Crippen molar-refractivity contribution in [3.63, 3.8) is 0 Å². The predicted molar refractivity (Wildman–Crippen MR) is 114 cm³/mol. The number of pyridine rings is 1. The minimum Gasteiger partial charge on any atom is -0.285 e. The molecule has 0 fully saturated rings. The number of amides is 2. The fourth-order valence-electron chi connectivity index (χ4n) is 3.07. The summed E-state index contributed by atoms with van der Waals surface area (Å²) in [6.45, 7) is 1.71. The van der Waals surface area contributed by atoms with Gasteiger partial charge in [-0.15, -0.1) is 0 Å². The second kappa shape index (κ2) is 9.00. The van der Waals surface area contributed by atoms with E-state index in [0.29, 0.717) is 22.6 Å². The Morgan fingerprint density at radius 3 is 1.94 bits per heavy atom. The maximum atomic E-state index is 12.3. The van der Waals surface area contributed by atoms with Crippen LogP contribution >= 0.6 is 0 Å². The Morgan fingerprint density at radius 2 is 1.29 bits per heavy atom. The maximum Gasteiger partial charge on any atom is 0.323 e. The summed E-state index contributed by atoms with van der Waals surface area (Å²) in [7, 11) is 0. The number of nitrogens with one attached hydrogen (secondary N) is 1. The topological polar surface area (TPSA) is 99.5 Å². The van der Waals surface area contributed by atoms with E-state index in [4.69, 9.17) is 0 Å². The van der Waals surface area contributed by atoms with E-state index in [1.54, 1.807) is 60.3 Å². The van der Waals surface area contributed by atoms with Crippen molar-refractivity contribution in [3.05, 3.63) is 90.8 Å². The number of benzene rings is 2. The monoisotopic (exact) mass is 411 g/mol. The molecule has 152 valence electrons. The molecule has 1 aliphatic heterocycles. The van der Waals surface area contributed by atoms with Gasteiger partial charge in [0, 0.05) is 17.7 Å². The fourth-order valence-corrected chi connectivity index (χ4v) is 3.07. The first-order valence-electron chi connectivity index (χ1n) is 9.62. The number of carbonyl (C=O) groups is 2. The Bertz CT molecular complexity index is 1190. The molecule has 1 unspecified atom stereocenters. The van der Waals surface area contributed by atoms with Crippen LogP contribution in [0.5, 0.6) is 0 Å². The smallest absolute Gasteiger partial charge is 0.285 e. The van der Waals surface area contributed by atoms with Gasteiger partial charge in [0.05, 0.1) is 17.1 Å². The Labute approximate surface area is 178 Å². The molecular formula is C23H19N6O2+. The highest BCUT2D eigenvalue weighted by Gasteiger charge is 2.38. The van der Waals surface area contributed by atoms with E-state index in [0.717, 1.165) is 5.69 Å². The highest BCUT2D eigenvalue weighted by atomic mass is 16.2.